The number of ether oxygens (including phenoxy) is 1. The summed E-state index contributed by atoms with van der Waals surface area (Å²) in [5.41, 5.74) is 2.89. The number of nitrogens with one attached hydrogen (secondary N) is 3. The molecule has 6 nitrogen and oxygen atoms in total. The summed E-state index contributed by atoms with van der Waals surface area (Å²) >= 11 is 0. The van der Waals surface area contributed by atoms with Gasteiger partial charge in [-0.15, -0.1) is 0 Å². The van der Waals surface area contributed by atoms with E-state index in [9.17, 15) is 4.79 Å². The van der Waals surface area contributed by atoms with Crippen LogP contribution in [0.15, 0.2) is 18.3 Å². The second kappa shape index (κ2) is 5.62. The number of aromatic nitrogens is 2. The van der Waals surface area contributed by atoms with Crippen molar-refractivity contribution >= 4 is 22.5 Å². The molecular formula is C17H22N4O2. The van der Waals surface area contributed by atoms with Gasteiger partial charge in [0.05, 0.1) is 24.2 Å². The molecule has 1 aromatic carbocycles. The lowest BCUT2D eigenvalue weighted by Crippen LogP contribution is -2.50. The number of nitrogens with zero attached hydrogens (tertiary/aromatic N) is 1. The third kappa shape index (κ3) is 2.52. The van der Waals surface area contributed by atoms with Crippen LogP contribution in [0.25, 0.3) is 10.9 Å². The average molecular weight is 314 g/mol. The molecule has 1 aromatic heterocycles. The van der Waals surface area contributed by atoms with Gasteiger partial charge in [0.25, 0.3) is 0 Å². The second-order valence-electron chi connectivity index (χ2n) is 6.79. The van der Waals surface area contributed by atoms with Crippen molar-refractivity contribution in [3.63, 3.8) is 0 Å². The third-order valence-corrected chi connectivity index (χ3v) is 5.38. The Labute approximate surface area is 135 Å². The van der Waals surface area contributed by atoms with E-state index in [1.165, 1.54) is 0 Å². The zero-order valence-corrected chi connectivity index (χ0v) is 13.3. The number of hydrogen-bond donors (Lipinski definition) is 3. The van der Waals surface area contributed by atoms with Gasteiger partial charge in [0, 0.05) is 29.6 Å². The molecule has 4 rings (SSSR count). The summed E-state index contributed by atoms with van der Waals surface area (Å²) in [5.74, 6) is 0.0480. The van der Waals surface area contributed by atoms with Crippen molar-refractivity contribution in [3.8, 4) is 0 Å². The number of amides is 1. The second-order valence-corrected chi connectivity index (χ2v) is 6.79. The van der Waals surface area contributed by atoms with Crippen LogP contribution in [0.5, 0.6) is 0 Å². The van der Waals surface area contributed by atoms with E-state index in [0.717, 1.165) is 54.7 Å². The van der Waals surface area contributed by atoms with Crippen molar-refractivity contribution in [1.82, 2.24) is 15.5 Å². The van der Waals surface area contributed by atoms with Gasteiger partial charge in [0.2, 0.25) is 5.91 Å². The molecule has 2 aromatic rings. The highest BCUT2D eigenvalue weighted by Gasteiger charge is 2.47. The molecule has 2 atom stereocenters. The number of carbonyl (C=O) groups excluding carboxylic acids is 1. The summed E-state index contributed by atoms with van der Waals surface area (Å²) in [6.07, 6.45) is 3.76. The van der Waals surface area contributed by atoms with Crippen molar-refractivity contribution < 1.29 is 9.53 Å². The Hall–Kier alpha value is -1.92. The van der Waals surface area contributed by atoms with Crippen LogP contribution in [0.1, 0.15) is 18.4 Å². The maximum atomic E-state index is 12.9. The Morgan fingerprint density at radius 3 is 3.17 bits per heavy atom. The number of aryl methyl sites for hydroxylation is 1. The standard InChI is InChI=1S/C17H22N4O2/c1-11-6-15-12(8-19-21-15)7-14(11)20-16(22)13-9-18-4-2-17(13)3-5-23-10-17/h6-8,13,18H,2-5,9-10H2,1H3,(H,19,21)(H,20,22). The maximum Gasteiger partial charge on any atom is 0.229 e. The van der Waals surface area contributed by atoms with E-state index in [2.05, 4.69) is 20.8 Å². The Morgan fingerprint density at radius 1 is 1.43 bits per heavy atom. The number of H-pyrrole nitrogens is 1. The summed E-state index contributed by atoms with van der Waals surface area (Å²) in [6, 6.07) is 4.01. The van der Waals surface area contributed by atoms with Crippen LogP contribution >= 0.6 is 0 Å². The van der Waals surface area contributed by atoms with Crippen LogP contribution < -0.4 is 10.6 Å². The lowest BCUT2D eigenvalue weighted by molar-refractivity contribution is -0.125. The summed E-state index contributed by atoms with van der Waals surface area (Å²) in [6.45, 7) is 5.16. The van der Waals surface area contributed by atoms with Crippen molar-refractivity contribution in [3.05, 3.63) is 23.9 Å². The van der Waals surface area contributed by atoms with Crippen molar-refractivity contribution in [2.75, 3.05) is 31.6 Å². The van der Waals surface area contributed by atoms with Gasteiger partial charge in [-0.05, 0) is 44.0 Å². The molecule has 0 saturated carbocycles. The molecule has 2 fully saturated rings. The Balaban J connectivity index is 1.59. The van der Waals surface area contributed by atoms with Crippen molar-refractivity contribution in [2.24, 2.45) is 11.3 Å². The molecule has 0 bridgehead atoms. The number of anilines is 1. The monoisotopic (exact) mass is 314 g/mol. The van der Waals surface area contributed by atoms with Gasteiger partial charge in [-0.3, -0.25) is 9.89 Å². The molecule has 2 unspecified atom stereocenters. The summed E-state index contributed by atoms with van der Waals surface area (Å²) in [5, 5.41) is 14.5. The minimum absolute atomic E-state index is 0.00296. The number of hydrogen-bond acceptors (Lipinski definition) is 4. The highest BCUT2D eigenvalue weighted by Crippen LogP contribution is 2.42. The van der Waals surface area contributed by atoms with Gasteiger partial charge in [-0.25, -0.2) is 0 Å². The van der Waals surface area contributed by atoms with Crippen LogP contribution in [-0.4, -0.2) is 42.4 Å². The van der Waals surface area contributed by atoms with E-state index in [-0.39, 0.29) is 17.2 Å². The minimum atomic E-state index is -0.0433. The van der Waals surface area contributed by atoms with Gasteiger partial charge in [0.15, 0.2) is 0 Å². The van der Waals surface area contributed by atoms with E-state index >= 15 is 0 Å². The molecular weight excluding hydrogens is 292 g/mol. The van der Waals surface area contributed by atoms with Crippen LogP contribution in [0.2, 0.25) is 0 Å². The molecule has 2 saturated heterocycles. The fourth-order valence-corrected chi connectivity index (χ4v) is 3.89. The highest BCUT2D eigenvalue weighted by atomic mass is 16.5. The lowest BCUT2D eigenvalue weighted by atomic mass is 9.69. The van der Waals surface area contributed by atoms with Crippen molar-refractivity contribution in [1.29, 1.82) is 0 Å². The number of fused-ring (bicyclic) bond motifs is 1. The SMILES string of the molecule is Cc1cc2[nH]ncc2cc1NC(=O)C1CNCCC12CCOC2. The Bertz CT molecular complexity index is 733. The first kappa shape index (κ1) is 14.7. The molecule has 0 radical (unpaired) electrons. The summed E-state index contributed by atoms with van der Waals surface area (Å²) < 4.78 is 5.62. The predicted molar refractivity (Wildman–Crippen MR) is 88.3 cm³/mol. The van der Waals surface area contributed by atoms with Crippen molar-refractivity contribution in [2.45, 2.75) is 19.8 Å². The molecule has 1 amide bonds. The molecule has 6 heteroatoms. The van der Waals surface area contributed by atoms with E-state index in [4.69, 9.17) is 4.74 Å². The predicted octanol–water partition coefficient (Wildman–Crippen LogP) is 1.83. The van der Waals surface area contributed by atoms with Crippen LogP contribution in [-0.2, 0) is 9.53 Å². The number of piperidine rings is 1. The van der Waals surface area contributed by atoms with Gasteiger partial charge in [-0.2, -0.15) is 5.10 Å². The zero-order valence-electron chi connectivity index (χ0n) is 13.3. The molecule has 0 aliphatic carbocycles. The average Bonchev–Trinajstić information content (AvgIpc) is 3.18. The molecule has 1 spiro atoms. The largest absolute Gasteiger partial charge is 0.381 e. The lowest BCUT2D eigenvalue weighted by Gasteiger charge is -2.39. The Morgan fingerprint density at radius 2 is 2.35 bits per heavy atom. The minimum Gasteiger partial charge on any atom is -0.381 e. The Kier molecular flexibility index (Phi) is 3.58. The van der Waals surface area contributed by atoms with Crippen LogP contribution in [0.4, 0.5) is 5.69 Å². The topological polar surface area (TPSA) is 79.0 Å². The quantitative estimate of drug-likeness (QED) is 0.790. The fraction of sp³-hybridized carbons (Fsp3) is 0.529. The molecule has 122 valence electrons. The highest BCUT2D eigenvalue weighted by molar-refractivity contribution is 5.96. The first-order valence-electron chi connectivity index (χ1n) is 8.21. The number of aromatic amines is 1. The van der Waals surface area contributed by atoms with Crippen LogP contribution in [0, 0.1) is 18.3 Å². The molecule has 23 heavy (non-hydrogen) atoms. The van der Waals surface area contributed by atoms with Gasteiger partial charge in [0.1, 0.15) is 0 Å². The number of benzene rings is 1. The van der Waals surface area contributed by atoms with E-state index in [1.807, 2.05) is 19.1 Å². The van der Waals surface area contributed by atoms with E-state index in [1.54, 1.807) is 6.20 Å². The molecule has 2 aliphatic rings. The first-order chi connectivity index (χ1) is 11.2. The van der Waals surface area contributed by atoms with Gasteiger partial charge < -0.3 is 15.4 Å². The maximum absolute atomic E-state index is 12.9. The number of carbonyl (C=O) groups is 1. The van der Waals surface area contributed by atoms with Gasteiger partial charge >= 0.3 is 0 Å². The van der Waals surface area contributed by atoms with Crippen LogP contribution in [0.3, 0.4) is 0 Å². The zero-order chi connectivity index (χ0) is 15.9. The van der Waals surface area contributed by atoms with E-state index in [0.29, 0.717) is 6.61 Å². The third-order valence-electron chi connectivity index (χ3n) is 5.38. The summed E-state index contributed by atoms with van der Waals surface area (Å²) in [4.78, 5) is 12.9. The summed E-state index contributed by atoms with van der Waals surface area (Å²) in [7, 11) is 0. The smallest absolute Gasteiger partial charge is 0.229 e. The molecule has 3 N–H and O–H groups in total. The first-order valence-corrected chi connectivity index (χ1v) is 8.21. The normalized spacial score (nSPS) is 27.6. The van der Waals surface area contributed by atoms with E-state index < -0.39 is 0 Å². The molecule has 3 heterocycles. The molecule has 2 aliphatic heterocycles. The number of rotatable bonds is 2. The fourth-order valence-electron chi connectivity index (χ4n) is 3.89. The van der Waals surface area contributed by atoms with Gasteiger partial charge in [-0.1, -0.05) is 0 Å².